The highest BCUT2D eigenvalue weighted by molar-refractivity contribution is 6.12. The third-order valence-corrected chi connectivity index (χ3v) is 10.5. The first-order chi connectivity index (χ1) is 26.8. The molecule has 0 spiro atoms. The topological polar surface area (TPSA) is 68.3 Å². The molecule has 1 aliphatic rings. The summed E-state index contributed by atoms with van der Waals surface area (Å²) in [5.74, 6) is 0.647. The Kier molecular flexibility index (Phi) is 6.82. The molecule has 0 amide bonds. The van der Waals surface area contributed by atoms with Crippen LogP contribution in [-0.4, -0.2) is 26.2 Å². The van der Waals surface area contributed by atoms with Gasteiger partial charge in [-0.05, 0) is 42.5 Å². The lowest BCUT2D eigenvalue weighted by Crippen LogP contribution is -2.26. The Labute approximate surface area is 310 Å². The van der Waals surface area contributed by atoms with Gasteiger partial charge in [-0.25, -0.2) is 15.0 Å². The van der Waals surface area contributed by atoms with Gasteiger partial charge in [-0.15, -0.1) is 0 Å². The van der Waals surface area contributed by atoms with E-state index in [2.05, 4.69) is 144 Å². The lowest BCUT2D eigenvalue weighted by Gasteiger charge is -2.14. The van der Waals surface area contributed by atoms with Crippen molar-refractivity contribution in [3.8, 4) is 50.8 Å². The molecule has 6 heteroatoms. The molecule has 0 unspecified atom stereocenters. The fraction of sp³-hybridized carbons (Fsp3) is 0.0208. The van der Waals surface area contributed by atoms with Gasteiger partial charge in [0, 0.05) is 54.9 Å². The van der Waals surface area contributed by atoms with Gasteiger partial charge < -0.3 is 4.57 Å². The summed E-state index contributed by atoms with van der Waals surface area (Å²) in [6, 6.07) is 59.0. The molecule has 4 heterocycles. The van der Waals surface area contributed by atoms with Gasteiger partial charge in [-0.2, -0.15) is 0 Å². The summed E-state index contributed by atoms with van der Waals surface area (Å²) < 4.78 is 2.34. The van der Waals surface area contributed by atoms with Crippen LogP contribution in [0.2, 0.25) is 0 Å². The van der Waals surface area contributed by atoms with Crippen molar-refractivity contribution in [3.63, 3.8) is 0 Å². The number of fused-ring (bicyclic) bond motifs is 8. The maximum Gasteiger partial charge on any atom is 0.160 e. The third kappa shape index (κ3) is 4.77. The van der Waals surface area contributed by atoms with Crippen LogP contribution in [0, 0.1) is 0 Å². The maximum absolute atomic E-state index is 5.26. The first-order valence-corrected chi connectivity index (χ1v) is 18.1. The van der Waals surface area contributed by atoms with Gasteiger partial charge in [0.1, 0.15) is 6.67 Å². The van der Waals surface area contributed by atoms with Crippen molar-refractivity contribution in [2.45, 2.75) is 0 Å². The van der Waals surface area contributed by atoms with E-state index < -0.39 is 0 Å². The van der Waals surface area contributed by atoms with Gasteiger partial charge in [0.05, 0.1) is 44.3 Å². The van der Waals surface area contributed by atoms with Crippen molar-refractivity contribution in [1.29, 1.82) is 0 Å². The van der Waals surface area contributed by atoms with Crippen LogP contribution in [0.4, 0.5) is 0 Å². The zero-order valence-corrected chi connectivity index (χ0v) is 29.1. The van der Waals surface area contributed by atoms with Crippen LogP contribution >= 0.6 is 0 Å². The number of rotatable bonds is 5. The van der Waals surface area contributed by atoms with Crippen molar-refractivity contribution >= 4 is 43.5 Å². The smallest absolute Gasteiger partial charge is 0.160 e. The van der Waals surface area contributed by atoms with Crippen LogP contribution in [0.3, 0.4) is 0 Å². The molecule has 0 N–H and O–H groups in total. The molecule has 0 atom stereocenters. The summed E-state index contributed by atoms with van der Waals surface area (Å²) in [6.45, 7) is 0.364. The maximum atomic E-state index is 5.26. The summed E-state index contributed by atoms with van der Waals surface area (Å²) >= 11 is 0. The Morgan fingerprint density at radius 2 is 1.04 bits per heavy atom. The normalized spacial score (nSPS) is 12.3. The first kappa shape index (κ1) is 30.3. The minimum absolute atomic E-state index is 0.364. The molecule has 54 heavy (non-hydrogen) atoms. The highest BCUT2D eigenvalue weighted by Gasteiger charge is 2.20. The van der Waals surface area contributed by atoms with Crippen molar-refractivity contribution in [2.75, 3.05) is 6.67 Å². The molecule has 1 aliphatic heterocycles. The molecule has 7 aromatic carbocycles. The van der Waals surface area contributed by atoms with Crippen LogP contribution in [0.15, 0.2) is 180 Å². The van der Waals surface area contributed by atoms with E-state index in [1.165, 1.54) is 10.8 Å². The minimum Gasteiger partial charge on any atom is -0.309 e. The molecular formula is C48H30N6. The highest BCUT2D eigenvalue weighted by Crippen LogP contribution is 2.36. The molecule has 0 saturated carbocycles. The van der Waals surface area contributed by atoms with E-state index in [4.69, 9.17) is 24.9 Å². The van der Waals surface area contributed by atoms with Crippen LogP contribution in [0.5, 0.6) is 0 Å². The van der Waals surface area contributed by atoms with E-state index in [1.807, 2.05) is 30.3 Å². The van der Waals surface area contributed by atoms with Crippen LogP contribution in [0.1, 0.15) is 0 Å². The van der Waals surface area contributed by atoms with Gasteiger partial charge in [-0.1, -0.05) is 127 Å². The predicted octanol–water partition coefficient (Wildman–Crippen LogP) is 10.2. The summed E-state index contributed by atoms with van der Waals surface area (Å²) in [4.78, 5) is 25.7. The number of aromatic nitrogens is 4. The predicted molar refractivity (Wildman–Crippen MR) is 218 cm³/mol. The molecule has 0 saturated heterocycles. The van der Waals surface area contributed by atoms with Crippen LogP contribution in [0.25, 0.3) is 94.3 Å². The minimum atomic E-state index is 0.364. The Morgan fingerprint density at radius 1 is 0.426 bits per heavy atom. The molecule has 0 aliphatic carbocycles. The average Bonchev–Trinajstić information content (AvgIpc) is 3.87. The van der Waals surface area contributed by atoms with Crippen LogP contribution < -0.4 is 10.7 Å². The SMILES string of the molecule is c1ccc(-c2nc(-c3cccc(-n4c5ccccc5c5ccccc54)c3)cc(-c3cc4c(-c5ccccc5)nc5ccccc5c4c4c3=NCN=4)n2)cc1. The van der Waals surface area contributed by atoms with E-state index in [0.29, 0.717) is 12.5 Å². The van der Waals surface area contributed by atoms with Crippen molar-refractivity contribution in [1.82, 2.24) is 19.5 Å². The summed E-state index contributed by atoms with van der Waals surface area (Å²) in [6.07, 6.45) is 0. The second-order valence-corrected chi connectivity index (χ2v) is 13.6. The lowest BCUT2D eigenvalue weighted by atomic mass is 9.95. The van der Waals surface area contributed by atoms with E-state index in [9.17, 15) is 0 Å². The summed E-state index contributed by atoms with van der Waals surface area (Å²) in [5.41, 5.74) is 10.7. The van der Waals surface area contributed by atoms with Gasteiger partial charge in [0.15, 0.2) is 5.82 Å². The van der Waals surface area contributed by atoms with E-state index in [0.717, 1.165) is 88.4 Å². The second kappa shape index (κ2) is 12.1. The zero-order valence-electron chi connectivity index (χ0n) is 29.1. The van der Waals surface area contributed by atoms with E-state index in [1.54, 1.807) is 0 Å². The van der Waals surface area contributed by atoms with Crippen LogP contribution in [-0.2, 0) is 0 Å². The molecule has 252 valence electrons. The van der Waals surface area contributed by atoms with Crippen molar-refractivity contribution in [3.05, 3.63) is 181 Å². The van der Waals surface area contributed by atoms with Gasteiger partial charge >= 0.3 is 0 Å². The fourth-order valence-electron chi connectivity index (χ4n) is 8.04. The van der Waals surface area contributed by atoms with Crippen molar-refractivity contribution in [2.24, 2.45) is 9.98 Å². The molecule has 0 bridgehead atoms. The van der Waals surface area contributed by atoms with Crippen molar-refractivity contribution < 1.29 is 0 Å². The molecule has 6 nitrogen and oxygen atoms in total. The number of benzene rings is 7. The second-order valence-electron chi connectivity index (χ2n) is 13.6. The van der Waals surface area contributed by atoms with E-state index in [-0.39, 0.29) is 0 Å². The highest BCUT2D eigenvalue weighted by atomic mass is 15.0. The first-order valence-electron chi connectivity index (χ1n) is 18.1. The molecule has 11 rings (SSSR count). The Hall–Kier alpha value is -7.31. The molecule has 0 fully saturated rings. The quantitative estimate of drug-likeness (QED) is 0.169. The number of pyridine rings is 1. The Balaban J connectivity index is 1.18. The lowest BCUT2D eigenvalue weighted by molar-refractivity contribution is 1.06. The number of hydrogen-bond donors (Lipinski definition) is 0. The summed E-state index contributed by atoms with van der Waals surface area (Å²) in [7, 11) is 0. The van der Waals surface area contributed by atoms with Gasteiger partial charge in [0.25, 0.3) is 0 Å². The summed E-state index contributed by atoms with van der Waals surface area (Å²) in [5, 5.41) is 7.33. The average molecular weight is 691 g/mol. The van der Waals surface area contributed by atoms with Gasteiger partial charge in [-0.3, -0.25) is 9.98 Å². The fourth-order valence-corrected chi connectivity index (χ4v) is 8.04. The number of para-hydroxylation sites is 3. The van der Waals surface area contributed by atoms with Gasteiger partial charge in [0.2, 0.25) is 0 Å². The Morgan fingerprint density at radius 3 is 1.80 bits per heavy atom. The number of nitrogens with zero attached hydrogens (tertiary/aromatic N) is 6. The standard InChI is InChI=1S/C48H30N6/c1-3-14-30(15-4-1)45-38-27-37(46-47(50-29-49-46)44(38)36-22-7-10-23-39(36)51-45)41-28-40(52-48(53-41)31-16-5-2-6-17-31)32-18-13-19-33(26-32)54-42-24-11-8-20-34(42)35-21-9-12-25-43(35)54/h1-28H,29H2. The molecular weight excluding hydrogens is 661 g/mol. The molecule has 10 aromatic rings. The third-order valence-electron chi connectivity index (χ3n) is 10.5. The Bertz CT molecular complexity index is 3190. The molecule has 3 aromatic heterocycles. The molecule has 0 radical (unpaired) electrons. The monoisotopic (exact) mass is 690 g/mol. The zero-order chi connectivity index (χ0) is 35.6. The number of hydrogen-bond acceptors (Lipinski definition) is 5. The largest absolute Gasteiger partial charge is 0.309 e. The van der Waals surface area contributed by atoms with E-state index >= 15 is 0 Å².